The molecule has 14 nitrogen and oxygen atoms in total. The summed E-state index contributed by atoms with van der Waals surface area (Å²) >= 11 is 0. The molecule has 0 aliphatic carbocycles. The van der Waals surface area contributed by atoms with Crippen LogP contribution in [0.5, 0.6) is 0 Å². The number of aliphatic carboxylic acids is 1. The van der Waals surface area contributed by atoms with E-state index in [0.29, 0.717) is 11.4 Å². The van der Waals surface area contributed by atoms with Gasteiger partial charge in [0.25, 0.3) is 0 Å². The van der Waals surface area contributed by atoms with Crippen LogP contribution in [0.15, 0.2) is 55.5 Å². The van der Waals surface area contributed by atoms with Gasteiger partial charge in [0.2, 0.25) is 17.7 Å². The van der Waals surface area contributed by atoms with Crippen LogP contribution in [0.3, 0.4) is 0 Å². The molecule has 0 aliphatic rings. The number of carbonyl (C=O) groups is 4. The highest BCUT2D eigenvalue weighted by molar-refractivity contribution is 5.94. The molecule has 222 valence electrons. The lowest BCUT2D eigenvalue weighted by atomic mass is 10.0. The van der Waals surface area contributed by atoms with E-state index in [2.05, 4.69) is 40.9 Å². The van der Waals surface area contributed by atoms with Crippen LogP contribution in [-0.2, 0) is 38.4 Å². The molecule has 14 heteroatoms. The van der Waals surface area contributed by atoms with Crippen LogP contribution in [0.1, 0.15) is 30.8 Å². The number of hydrogen-bond acceptors (Lipinski definition) is 7. The highest BCUT2D eigenvalue weighted by Gasteiger charge is 2.32. The number of nitrogens with one attached hydrogen (secondary N) is 6. The average molecular weight is 578 g/mol. The van der Waals surface area contributed by atoms with E-state index in [0.717, 1.165) is 16.5 Å². The van der Waals surface area contributed by atoms with Crippen molar-refractivity contribution in [1.82, 2.24) is 40.9 Å². The third kappa shape index (κ3) is 7.60. The molecule has 4 aromatic rings. The molecule has 9 N–H and O–H groups in total. The number of hydrogen-bond donors (Lipinski definition) is 8. The molecule has 1 aromatic carbocycles. The molecule has 3 aromatic heterocycles. The molecule has 0 saturated heterocycles. The Kier molecular flexibility index (Phi) is 9.70. The number of aromatic nitrogens is 5. The third-order valence-corrected chi connectivity index (χ3v) is 6.90. The van der Waals surface area contributed by atoms with E-state index in [-0.39, 0.29) is 19.3 Å². The fourth-order valence-corrected chi connectivity index (χ4v) is 4.60. The molecule has 4 rings (SSSR count). The molecule has 4 unspecified atom stereocenters. The summed E-state index contributed by atoms with van der Waals surface area (Å²) in [5.41, 5.74) is 9.14. The minimum Gasteiger partial charge on any atom is -0.480 e. The number of benzene rings is 1. The summed E-state index contributed by atoms with van der Waals surface area (Å²) < 4.78 is 0. The van der Waals surface area contributed by atoms with Crippen molar-refractivity contribution < 1.29 is 24.3 Å². The molecule has 42 heavy (non-hydrogen) atoms. The highest BCUT2D eigenvalue weighted by Crippen LogP contribution is 2.19. The maximum Gasteiger partial charge on any atom is 0.326 e. The van der Waals surface area contributed by atoms with Crippen LogP contribution in [0, 0.1) is 5.92 Å². The summed E-state index contributed by atoms with van der Waals surface area (Å²) in [6.45, 7) is 3.43. The Morgan fingerprint density at radius 1 is 0.833 bits per heavy atom. The summed E-state index contributed by atoms with van der Waals surface area (Å²) in [6.07, 6.45) is 7.92. The quantitative estimate of drug-likeness (QED) is 0.103. The average Bonchev–Trinajstić information content (AvgIpc) is 3.74. The van der Waals surface area contributed by atoms with Gasteiger partial charge < -0.3 is 41.7 Å². The van der Waals surface area contributed by atoms with E-state index in [1.165, 1.54) is 25.0 Å². The first kappa shape index (κ1) is 30.0. The van der Waals surface area contributed by atoms with Crippen molar-refractivity contribution in [3.05, 3.63) is 72.5 Å². The van der Waals surface area contributed by atoms with E-state index in [9.17, 15) is 24.3 Å². The first-order valence-corrected chi connectivity index (χ1v) is 13.5. The van der Waals surface area contributed by atoms with Crippen LogP contribution >= 0.6 is 0 Å². The van der Waals surface area contributed by atoms with Crippen molar-refractivity contribution in [2.75, 3.05) is 0 Å². The lowest BCUT2D eigenvalue weighted by molar-refractivity contribution is -0.142. The van der Waals surface area contributed by atoms with E-state index >= 15 is 0 Å². The predicted molar refractivity (Wildman–Crippen MR) is 153 cm³/mol. The number of aromatic amines is 3. The Morgan fingerprint density at radius 3 is 2.05 bits per heavy atom. The Hall–Kier alpha value is -4.98. The van der Waals surface area contributed by atoms with Crippen LogP contribution in [-0.4, -0.2) is 77.9 Å². The van der Waals surface area contributed by atoms with Gasteiger partial charge in [-0.3, -0.25) is 14.4 Å². The molecule has 0 bridgehead atoms. The van der Waals surface area contributed by atoms with Gasteiger partial charge in [0, 0.05) is 53.7 Å². The van der Waals surface area contributed by atoms with Crippen LogP contribution in [0.25, 0.3) is 10.9 Å². The predicted octanol–water partition coefficient (Wildman–Crippen LogP) is 0.164. The number of fused-ring (bicyclic) bond motifs is 1. The van der Waals surface area contributed by atoms with Crippen molar-refractivity contribution in [3.8, 4) is 0 Å². The van der Waals surface area contributed by atoms with Crippen molar-refractivity contribution in [1.29, 1.82) is 0 Å². The molecule has 0 aliphatic heterocycles. The first-order chi connectivity index (χ1) is 20.1. The standard InChI is InChI=1S/C28H35N9O5/c1-15(2)24(27(40)36-23(28(41)42)9-18-12-31-14-34-18)37-26(39)22(8-17-11-30-13-33-17)35-25(38)20(29)7-16-10-32-21-6-4-3-5-19(16)21/h3-6,10-15,20,22-24,32H,7-9,29H2,1-2H3,(H,30,33)(H,31,34)(H,35,38)(H,36,40)(H,37,39)(H,41,42). The molecule has 0 radical (unpaired) electrons. The number of H-pyrrole nitrogens is 3. The molecule has 0 fully saturated rings. The molecule has 0 spiro atoms. The Balaban J connectivity index is 1.45. The minimum absolute atomic E-state index is 0.0212. The summed E-state index contributed by atoms with van der Waals surface area (Å²) in [6, 6.07) is 3.27. The molecule has 4 atom stereocenters. The number of rotatable bonds is 14. The van der Waals surface area contributed by atoms with Gasteiger partial charge >= 0.3 is 5.97 Å². The monoisotopic (exact) mass is 577 g/mol. The van der Waals surface area contributed by atoms with Gasteiger partial charge in [-0.15, -0.1) is 0 Å². The SMILES string of the molecule is CC(C)C(NC(=O)C(Cc1cnc[nH]1)NC(=O)C(N)Cc1c[nH]c2ccccc12)C(=O)NC(Cc1cnc[nH]1)C(=O)O. The lowest BCUT2D eigenvalue weighted by Crippen LogP contribution is -2.59. The van der Waals surface area contributed by atoms with Gasteiger partial charge in [-0.25, -0.2) is 14.8 Å². The second-order valence-corrected chi connectivity index (χ2v) is 10.4. The van der Waals surface area contributed by atoms with Gasteiger partial charge in [0.05, 0.1) is 18.7 Å². The molecule has 0 saturated carbocycles. The maximum absolute atomic E-state index is 13.5. The van der Waals surface area contributed by atoms with Crippen LogP contribution in [0.2, 0.25) is 0 Å². The number of carboxylic acid groups (broad SMARTS) is 1. The van der Waals surface area contributed by atoms with Gasteiger partial charge in [-0.05, 0) is 24.0 Å². The number of carboxylic acids is 1. The summed E-state index contributed by atoms with van der Waals surface area (Å²) in [5, 5.41) is 18.5. The second-order valence-electron chi connectivity index (χ2n) is 10.4. The molecular formula is C28H35N9O5. The van der Waals surface area contributed by atoms with Crippen molar-refractivity contribution in [2.24, 2.45) is 11.7 Å². The number of nitrogens with zero attached hydrogens (tertiary/aromatic N) is 2. The number of para-hydroxylation sites is 1. The largest absolute Gasteiger partial charge is 0.480 e. The minimum atomic E-state index is -1.25. The van der Waals surface area contributed by atoms with E-state index < -0.39 is 53.8 Å². The van der Waals surface area contributed by atoms with Crippen LogP contribution in [0.4, 0.5) is 0 Å². The number of amides is 3. The van der Waals surface area contributed by atoms with Gasteiger partial charge in [-0.1, -0.05) is 32.0 Å². The van der Waals surface area contributed by atoms with Gasteiger partial charge in [-0.2, -0.15) is 0 Å². The Labute approximate surface area is 241 Å². The van der Waals surface area contributed by atoms with E-state index in [1.807, 2.05) is 24.3 Å². The zero-order valence-corrected chi connectivity index (χ0v) is 23.3. The van der Waals surface area contributed by atoms with E-state index in [4.69, 9.17) is 5.73 Å². The molecular weight excluding hydrogens is 542 g/mol. The van der Waals surface area contributed by atoms with Crippen LogP contribution < -0.4 is 21.7 Å². The second kappa shape index (κ2) is 13.6. The maximum atomic E-state index is 13.5. The van der Waals surface area contributed by atoms with Crippen molar-refractivity contribution in [3.63, 3.8) is 0 Å². The first-order valence-electron chi connectivity index (χ1n) is 13.5. The number of imidazole rings is 2. The third-order valence-electron chi connectivity index (χ3n) is 6.90. The topological polar surface area (TPSA) is 224 Å². The highest BCUT2D eigenvalue weighted by atomic mass is 16.4. The zero-order chi connectivity index (χ0) is 30.2. The Morgan fingerprint density at radius 2 is 1.45 bits per heavy atom. The fraction of sp³-hybridized carbons (Fsp3) is 0.357. The van der Waals surface area contributed by atoms with Gasteiger partial charge in [0.1, 0.15) is 18.1 Å². The lowest BCUT2D eigenvalue weighted by Gasteiger charge is -2.27. The Bertz CT molecular complexity index is 1500. The van der Waals surface area contributed by atoms with Crippen molar-refractivity contribution >= 4 is 34.6 Å². The molecule has 3 heterocycles. The van der Waals surface area contributed by atoms with E-state index in [1.54, 1.807) is 20.0 Å². The zero-order valence-electron chi connectivity index (χ0n) is 23.3. The normalized spacial score (nSPS) is 14.2. The smallest absolute Gasteiger partial charge is 0.326 e. The summed E-state index contributed by atoms with van der Waals surface area (Å²) in [7, 11) is 0. The number of carbonyl (C=O) groups excluding carboxylic acids is 3. The summed E-state index contributed by atoms with van der Waals surface area (Å²) in [5.74, 6) is -3.49. The number of nitrogens with two attached hydrogens (primary N) is 1. The summed E-state index contributed by atoms with van der Waals surface area (Å²) in [4.78, 5) is 68.4. The molecule has 3 amide bonds. The van der Waals surface area contributed by atoms with Gasteiger partial charge in [0.15, 0.2) is 0 Å². The van der Waals surface area contributed by atoms with Crippen molar-refractivity contribution in [2.45, 2.75) is 57.3 Å². The fourth-order valence-electron chi connectivity index (χ4n) is 4.60.